The van der Waals surface area contributed by atoms with Crippen LogP contribution in [0.1, 0.15) is 24.2 Å². The summed E-state index contributed by atoms with van der Waals surface area (Å²) in [4.78, 5) is 22.4. The summed E-state index contributed by atoms with van der Waals surface area (Å²) in [7, 11) is 0. The number of ketones is 1. The van der Waals surface area contributed by atoms with Crippen molar-refractivity contribution >= 4 is 23.3 Å². The van der Waals surface area contributed by atoms with Gasteiger partial charge in [-0.3, -0.25) is 9.59 Å². The van der Waals surface area contributed by atoms with Gasteiger partial charge in [-0.25, -0.2) is 8.78 Å². The van der Waals surface area contributed by atoms with Crippen LogP contribution in [0, 0.1) is 11.6 Å². The Morgan fingerprint density at radius 3 is 2.41 bits per heavy atom. The first kappa shape index (κ1) is 13.6. The Labute approximate surface area is 102 Å². The molecule has 1 N–H and O–H groups in total. The van der Waals surface area contributed by atoms with E-state index in [-0.39, 0.29) is 5.78 Å². The Morgan fingerprint density at radius 1 is 1.29 bits per heavy atom. The van der Waals surface area contributed by atoms with Crippen LogP contribution in [0.4, 0.5) is 8.78 Å². The quantitative estimate of drug-likeness (QED) is 0.849. The molecular formula is C11H10ClF2NO2. The molecule has 0 fully saturated rings. The molecule has 92 valence electrons. The maximum absolute atomic E-state index is 13.3. The number of carbonyl (C=O) groups is 2. The van der Waals surface area contributed by atoms with Crippen LogP contribution in [0.15, 0.2) is 12.1 Å². The highest BCUT2D eigenvalue weighted by Gasteiger charge is 2.18. The van der Waals surface area contributed by atoms with Gasteiger partial charge in [0, 0.05) is 0 Å². The van der Waals surface area contributed by atoms with Gasteiger partial charge < -0.3 is 5.32 Å². The SMILES string of the molecule is CC(=O)C(C)NC(=O)c1cc(F)c(Cl)cc1F. The monoisotopic (exact) mass is 261 g/mol. The summed E-state index contributed by atoms with van der Waals surface area (Å²) >= 11 is 5.35. The van der Waals surface area contributed by atoms with Crippen LogP contribution in [-0.4, -0.2) is 17.7 Å². The predicted octanol–water partition coefficient (Wildman–Crippen LogP) is 2.33. The Balaban J connectivity index is 2.97. The average molecular weight is 262 g/mol. The summed E-state index contributed by atoms with van der Waals surface area (Å²) in [6, 6.07) is 0.644. The normalized spacial score (nSPS) is 12.1. The molecule has 0 saturated heterocycles. The molecule has 3 nitrogen and oxygen atoms in total. The molecule has 17 heavy (non-hydrogen) atoms. The zero-order chi connectivity index (χ0) is 13.2. The highest BCUT2D eigenvalue weighted by molar-refractivity contribution is 6.30. The Bertz CT molecular complexity index is 477. The van der Waals surface area contributed by atoms with Crippen LogP contribution in [0.25, 0.3) is 0 Å². The summed E-state index contributed by atoms with van der Waals surface area (Å²) < 4.78 is 26.4. The molecule has 1 amide bonds. The van der Waals surface area contributed by atoms with E-state index in [1.54, 1.807) is 0 Å². The van der Waals surface area contributed by atoms with Crippen molar-refractivity contribution in [3.63, 3.8) is 0 Å². The lowest BCUT2D eigenvalue weighted by atomic mass is 10.1. The average Bonchev–Trinajstić information content (AvgIpc) is 2.22. The second-order valence-electron chi connectivity index (χ2n) is 3.55. The van der Waals surface area contributed by atoms with Crippen LogP contribution in [0.3, 0.4) is 0 Å². The molecule has 0 aliphatic heterocycles. The minimum Gasteiger partial charge on any atom is -0.342 e. The highest BCUT2D eigenvalue weighted by atomic mass is 35.5. The van der Waals surface area contributed by atoms with E-state index in [4.69, 9.17) is 11.6 Å². The molecule has 1 aromatic rings. The Kier molecular flexibility index (Phi) is 4.17. The molecule has 6 heteroatoms. The molecule has 0 bridgehead atoms. The van der Waals surface area contributed by atoms with Gasteiger partial charge in [-0.2, -0.15) is 0 Å². The number of hydrogen-bond donors (Lipinski definition) is 1. The topological polar surface area (TPSA) is 46.2 Å². The largest absolute Gasteiger partial charge is 0.342 e. The first-order valence-electron chi connectivity index (χ1n) is 4.78. The fourth-order valence-electron chi connectivity index (χ4n) is 1.07. The maximum Gasteiger partial charge on any atom is 0.254 e. The van der Waals surface area contributed by atoms with Crippen molar-refractivity contribution in [1.29, 1.82) is 0 Å². The number of halogens is 3. The fourth-order valence-corrected chi connectivity index (χ4v) is 1.22. The lowest BCUT2D eigenvalue weighted by Crippen LogP contribution is -2.37. The number of rotatable bonds is 3. The molecule has 0 saturated carbocycles. The molecule has 0 aliphatic carbocycles. The number of Topliss-reactive ketones (excluding diaryl/α,β-unsaturated/α-hetero) is 1. The number of amides is 1. The number of carbonyl (C=O) groups excluding carboxylic acids is 2. The van der Waals surface area contributed by atoms with E-state index in [1.165, 1.54) is 13.8 Å². The minimum atomic E-state index is -0.940. The van der Waals surface area contributed by atoms with Crippen LogP contribution in [-0.2, 0) is 4.79 Å². The molecule has 1 aromatic carbocycles. The van der Waals surface area contributed by atoms with Crippen molar-refractivity contribution < 1.29 is 18.4 Å². The second kappa shape index (κ2) is 5.23. The summed E-state index contributed by atoms with van der Waals surface area (Å²) in [6.07, 6.45) is 0. The summed E-state index contributed by atoms with van der Waals surface area (Å²) in [5, 5.41) is 1.84. The zero-order valence-corrected chi connectivity index (χ0v) is 9.94. The minimum absolute atomic E-state index is 0.284. The van der Waals surface area contributed by atoms with Crippen LogP contribution in [0.5, 0.6) is 0 Å². The van der Waals surface area contributed by atoms with Gasteiger partial charge in [0.2, 0.25) is 0 Å². The van der Waals surface area contributed by atoms with Crippen LogP contribution in [0.2, 0.25) is 5.02 Å². The van der Waals surface area contributed by atoms with E-state index in [1.807, 2.05) is 0 Å². The van der Waals surface area contributed by atoms with Crippen LogP contribution >= 0.6 is 11.6 Å². The van der Waals surface area contributed by atoms with E-state index in [2.05, 4.69) is 5.32 Å². The first-order valence-corrected chi connectivity index (χ1v) is 5.16. The van der Waals surface area contributed by atoms with Crippen LogP contribution < -0.4 is 5.32 Å². The molecule has 0 aromatic heterocycles. The maximum atomic E-state index is 13.3. The first-order chi connectivity index (χ1) is 7.82. The number of nitrogens with one attached hydrogen (secondary N) is 1. The second-order valence-corrected chi connectivity index (χ2v) is 3.96. The standard InChI is InChI=1S/C11H10ClF2NO2/c1-5(6(2)16)15-11(17)7-3-10(14)8(12)4-9(7)13/h3-5H,1-2H3,(H,15,17). The molecule has 1 rings (SSSR count). The van der Waals surface area contributed by atoms with E-state index in [9.17, 15) is 18.4 Å². The Morgan fingerprint density at radius 2 is 1.88 bits per heavy atom. The lowest BCUT2D eigenvalue weighted by molar-refractivity contribution is -0.118. The third-order valence-electron chi connectivity index (χ3n) is 2.21. The van der Waals surface area contributed by atoms with Crippen molar-refractivity contribution in [2.75, 3.05) is 0 Å². The van der Waals surface area contributed by atoms with Crippen molar-refractivity contribution in [3.05, 3.63) is 34.4 Å². The Hall–Kier alpha value is -1.49. The molecule has 0 spiro atoms. The van der Waals surface area contributed by atoms with Gasteiger partial charge in [0.15, 0.2) is 5.78 Å². The third-order valence-corrected chi connectivity index (χ3v) is 2.50. The molecule has 1 atom stereocenters. The summed E-state index contributed by atoms with van der Waals surface area (Å²) in [6.45, 7) is 2.73. The fraction of sp³-hybridized carbons (Fsp3) is 0.273. The van der Waals surface area contributed by atoms with E-state index < -0.39 is 34.2 Å². The molecule has 0 aliphatic rings. The van der Waals surface area contributed by atoms with Crippen molar-refractivity contribution in [2.24, 2.45) is 0 Å². The zero-order valence-electron chi connectivity index (χ0n) is 9.18. The van der Waals surface area contributed by atoms with E-state index in [0.29, 0.717) is 12.1 Å². The van der Waals surface area contributed by atoms with Gasteiger partial charge in [-0.15, -0.1) is 0 Å². The van der Waals surface area contributed by atoms with Gasteiger partial charge in [0.1, 0.15) is 11.6 Å². The number of hydrogen-bond acceptors (Lipinski definition) is 2. The van der Waals surface area contributed by atoms with Gasteiger partial charge in [-0.05, 0) is 26.0 Å². The van der Waals surface area contributed by atoms with Gasteiger partial charge in [0.25, 0.3) is 5.91 Å². The van der Waals surface area contributed by atoms with Gasteiger partial charge in [-0.1, -0.05) is 11.6 Å². The highest BCUT2D eigenvalue weighted by Crippen LogP contribution is 2.19. The predicted molar refractivity (Wildman–Crippen MR) is 59.0 cm³/mol. The van der Waals surface area contributed by atoms with E-state index >= 15 is 0 Å². The van der Waals surface area contributed by atoms with E-state index in [0.717, 1.165) is 0 Å². The summed E-state index contributed by atoms with van der Waals surface area (Å²) in [5.41, 5.74) is -0.486. The third kappa shape index (κ3) is 3.23. The smallest absolute Gasteiger partial charge is 0.254 e. The number of benzene rings is 1. The van der Waals surface area contributed by atoms with Crippen molar-refractivity contribution in [1.82, 2.24) is 5.32 Å². The van der Waals surface area contributed by atoms with Gasteiger partial charge >= 0.3 is 0 Å². The summed E-state index contributed by atoms with van der Waals surface area (Å²) in [5.74, 6) is -2.98. The van der Waals surface area contributed by atoms with Crippen molar-refractivity contribution in [3.8, 4) is 0 Å². The van der Waals surface area contributed by atoms with Crippen molar-refractivity contribution in [2.45, 2.75) is 19.9 Å². The molecule has 1 unspecified atom stereocenters. The lowest BCUT2D eigenvalue weighted by Gasteiger charge is -2.11. The molecular weight excluding hydrogens is 252 g/mol. The molecule has 0 heterocycles. The van der Waals surface area contributed by atoms with Gasteiger partial charge in [0.05, 0.1) is 16.6 Å². The molecule has 0 radical (unpaired) electrons.